The van der Waals surface area contributed by atoms with Crippen molar-refractivity contribution in [2.45, 2.75) is 37.6 Å². The van der Waals surface area contributed by atoms with Crippen molar-refractivity contribution in [3.05, 3.63) is 35.4 Å². The summed E-state index contributed by atoms with van der Waals surface area (Å²) in [5.74, 6) is 0. The van der Waals surface area contributed by atoms with E-state index in [0.717, 1.165) is 18.2 Å². The smallest absolute Gasteiger partial charge is 0.405 e. The third kappa shape index (κ3) is 5.22. The van der Waals surface area contributed by atoms with Gasteiger partial charge in [0.2, 0.25) is 0 Å². The average Bonchev–Trinajstić information content (AvgIpc) is 2.25. The summed E-state index contributed by atoms with van der Waals surface area (Å²) < 4.78 is 5.05. The van der Waals surface area contributed by atoms with Crippen LogP contribution in [0.1, 0.15) is 31.4 Å². The molecule has 2 N–H and O–H groups in total. The van der Waals surface area contributed by atoms with Gasteiger partial charge < -0.3 is 10.5 Å². The molecular formula is C13H18BrNO2. The molecule has 0 spiro atoms. The van der Waals surface area contributed by atoms with Gasteiger partial charge in [0.1, 0.15) is 5.60 Å². The summed E-state index contributed by atoms with van der Waals surface area (Å²) in [7, 11) is 0. The average molecular weight is 300 g/mol. The van der Waals surface area contributed by atoms with Crippen molar-refractivity contribution in [1.29, 1.82) is 0 Å². The van der Waals surface area contributed by atoms with E-state index in [-0.39, 0.29) is 0 Å². The fraction of sp³-hybridized carbons (Fsp3) is 0.462. The monoisotopic (exact) mass is 299 g/mol. The molecule has 17 heavy (non-hydrogen) atoms. The Labute approximate surface area is 110 Å². The van der Waals surface area contributed by atoms with Gasteiger partial charge in [-0.1, -0.05) is 40.2 Å². The van der Waals surface area contributed by atoms with Crippen LogP contribution in [0, 0.1) is 0 Å². The molecule has 3 nitrogen and oxygen atoms in total. The second kappa shape index (κ2) is 6.05. The number of carbonyl (C=O) groups excluding carboxylic acids is 1. The number of primary amides is 1. The first kappa shape index (κ1) is 14.0. The largest absolute Gasteiger partial charge is 0.444 e. The minimum Gasteiger partial charge on any atom is -0.444 e. The van der Waals surface area contributed by atoms with Crippen LogP contribution in [0.3, 0.4) is 0 Å². The van der Waals surface area contributed by atoms with Gasteiger partial charge in [0.15, 0.2) is 0 Å². The Balaban J connectivity index is 2.57. The summed E-state index contributed by atoms with van der Waals surface area (Å²) >= 11 is 3.43. The molecule has 1 aromatic rings. The zero-order valence-corrected chi connectivity index (χ0v) is 11.8. The zero-order chi connectivity index (χ0) is 12.9. The van der Waals surface area contributed by atoms with Crippen molar-refractivity contribution >= 4 is 22.0 Å². The molecule has 0 aromatic heterocycles. The van der Waals surface area contributed by atoms with Crippen molar-refractivity contribution in [2.24, 2.45) is 5.73 Å². The number of hydrogen-bond donors (Lipinski definition) is 1. The predicted octanol–water partition coefficient (Wildman–Crippen LogP) is 3.39. The van der Waals surface area contributed by atoms with Crippen LogP contribution in [0.15, 0.2) is 24.3 Å². The summed E-state index contributed by atoms with van der Waals surface area (Å²) in [6, 6.07) is 8.33. The Hall–Kier alpha value is -1.03. The van der Waals surface area contributed by atoms with Crippen molar-refractivity contribution in [2.75, 3.05) is 0 Å². The van der Waals surface area contributed by atoms with Gasteiger partial charge in [-0.3, -0.25) is 0 Å². The number of carbonyl (C=O) groups is 1. The van der Waals surface area contributed by atoms with Gasteiger partial charge in [0, 0.05) is 5.33 Å². The molecule has 0 fully saturated rings. The molecule has 0 bridgehead atoms. The number of nitrogens with two attached hydrogens (primary N) is 1. The lowest BCUT2D eigenvalue weighted by Gasteiger charge is -2.23. The third-order valence-electron chi connectivity index (χ3n) is 2.54. The van der Waals surface area contributed by atoms with Gasteiger partial charge >= 0.3 is 6.09 Å². The maximum absolute atomic E-state index is 10.7. The zero-order valence-electron chi connectivity index (χ0n) is 10.2. The number of amides is 1. The second-order valence-electron chi connectivity index (χ2n) is 4.63. The highest BCUT2D eigenvalue weighted by molar-refractivity contribution is 9.08. The van der Waals surface area contributed by atoms with Crippen LogP contribution < -0.4 is 5.73 Å². The van der Waals surface area contributed by atoms with E-state index < -0.39 is 11.7 Å². The highest BCUT2D eigenvalue weighted by atomic mass is 79.9. The summed E-state index contributed by atoms with van der Waals surface area (Å²) in [6.07, 6.45) is 0.896. The van der Waals surface area contributed by atoms with Gasteiger partial charge in [0.05, 0.1) is 0 Å². The standard InChI is InChI=1S/C13H18BrNO2/c1-13(2,17-12(15)16)7-6-10-4-3-5-11(8-10)9-14/h3-5,8H,6-7,9H2,1-2H3,(H2,15,16). The Kier molecular flexibility index (Phi) is 5.00. The molecule has 0 unspecified atom stereocenters. The van der Waals surface area contributed by atoms with Crippen molar-refractivity contribution in [1.82, 2.24) is 0 Å². The third-order valence-corrected chi connectivity index (χ3v) is 3.19. The quantitative estimate of drug-likeness (QED) is 0.847. The molecule has 1 rings (SSSR count). The summed E-state index contributed by atoms with van der Waals surface area (Å²) in [5, 5.41) is 0.849. The summed E-state index contributed by atoms with van der Waals surface area (Å²) in [4.78, 5) is 10.7. The SMILES string of the molecule is CC(C)(CCc1cccc(CBr)c1)OC(N)=O. The van der Waals surface area contributed by atoms with Gasteiger partial charge in [-0.15, -0.1) is 0 Å². The normalized spacial score (nSPS) is 11.2. The lowest BCUT2D eigenvalue weighted by Crippen LogP contribution is -2.31. The van der Waals surface area contributed by atoms with Crippen molar-refractivity contribution in [3.63, 3.8) is 0 Å². The van der Waals surface area contributed by atoms with Gasteiger partial charge in [-0.2, -0.15) is 0 Å². The topological polar surface area (TPSA) is 52.3 Å². The van der Waals surface area contributed by atoms with E-state index >= 15 is 0 Å². The van der Waals surface area contributed by atoms with Crippen LogP contribution >= 0.6 is 15.9 Å². The van der Waals surface area contributed by atoms with Crippen molar-refractivity contribution in [3.8, 4) is 0 Å². The van der Waals surface area contributed by atoms with Crippen molar-refractivity contribution < 1.29 is 9.53 Å². The van der Waals surface area contributed by atoms with Crippen LogP contribution in [-0.4, -0.2) is 11.7 Å². The fourth-order valence-corrected chi connectivity index (χ4v) is 1.99. The number of benzene rings is 1. The second-order valence-corrected chi connectivity index (χ2v) is 5.20. The molecule has 1 amide bonds. The summed E-state index contributed by atoms with van der Waals surface area (Å²) in [5.41, 5.74) is 6.99. The Morgan fingerprint density at radius 2 is 2.06 bits per heavy atom. The van der Waals surface area contributed by atoms with E-state index in [0.29, 0.717) is 0 Å². The van der Waals surface area contributed by atoms with E-state index in [1.165, 1.54) is 11.1 Å². The molecule has 1 aromatic carbocycles. The lowest BCUT2D eigenvalue weighted by molar-refractivity contribution is 0.0394. The van der Waals surface area contributed by atoms with Crippen LogP contribution in [0.2, 0.25) is 0 Å². The first-order chi connectivity index (χ1) is 7.93. The molecule has 0 atom stereocenters. The van der Waals surface area contributed by atoms with Crippen LogP contribution in [0.5, 0.6) is 0 Å². The molecule has 0 aliphatic heterocycles. The minimum atomic E-state index is -0.718. The molecule has 0 saturated heterocycles. The number of aryl methyl sites for hydroxylation is 1. The molecule has 0 aliphatic rings. The van der Waals surface area contributed by atoms with Crippen LogP contribution in [0.25, 0.3) is 0 Å². The van der Waals surface area contributed by atoms with E-state index in [1.54, 1.807) is 0 Å². The maximum atomic E-state index is 10.7. The van der Waals surface area contributed by atoms with Gasteiger partial charge in [0.25, 0.3) is 0 Å². The number of rotatable bonds is 5. The van der Waals surface area contributed by atoms with Crippen LogP contribution in [-0.2, 0) is 16.5 Å². The van der Waals surface area contributed by atoms with E-state index in [4.69, 9.17) is 10.5 Å². The first-order valence-electron chi connectivity index (χ1n) is 5.55. The maximum Gasteiger partial charge on any atom is 0.405 e. The van der Waals surface area contributed by atoms with Gasteiger partial charge in [-0.25, -0.2) is 4.79 Å². The Morgan fingerprint density at radius 1 is 1.41 bits per heavy atom. The van der Waals surface area contributed by atoms with E-state index in [9.17, 15) is 4.79 Å². The molecule has 4 heteroatoms. The molecular weight excluding hydrogens is 282 g/mol. The molecule has 0 heterocycles. The molecule has 0 aliphatic carbocycles. The van der Waals surface area contributed by atoms with Gasteiger partial charge in [-0.05, 0) is 37.8 Å². The molecule has 94 valence electrons. The van der Waals surface area contributed by atoms with E-state index in [1.807, 2.05) is 19.9 Å². The molecule has 0 saturated carbocycles. The number of halogens is 1. The molecule has 0 radical (unpaired) electrons. The first-order valence-corrected chi connectivity index (χ1v) is 6.67. The Bertz CT molecular complexity index is 391. The lowest BCUT2D eigenvalue weighted by atomic mass is 9.98. The number of alkyl halides is 1. The predicted molar refractivity (Wildman–Crippen MR) is 72.1 cm³/mol. The van der Waals surface area contributed by atoms with E-state index in [2.05, 4.69) is 34.1 Å². The minimum absolute atomic E-state index is 0.518. The number of ether oxygens (including phenoxy) is 1. The Morgan fingerprint density at radius 3 is 2.65 bits per heavy atom. The number of hydrogen-bond acceptors (Lipinski definition) is 2. The summed E-state index contributed by atoms with van der Waals surface area (Å²) in [6.45, 7) is 3.73. The highest BCUT2D eigenvalue weighted by Gasteiger charge is 2.21. The fourth-order valence-electron chi connectivity index (χ4n) is 1.64. The highest BCUT2D eigenvalue weighted by Crippen LogP contribution is 2.19. The van der Waals surface area contributed by atoms with Crippen LogP contribution in [0.4, 0.5) is 4.79 Å².